The van der Waals surface area contributed by atoms with Crippen LogP contribution in [0.1, 0.15) is 65.4 Å². The van der Waals surface area contributed by atoms with Gasteiger partial charge in [0.15, 0.2) is 11.5 Å². The topological polar surface area (TPSA) is 105 Å². The van der Waals surface area contributed by atoms with Gasteiger partial charge in [0.1, 0.15) is 12.1 Å². The molecular formula is C29H40N2O6. The van der Waals surface area contributed by atoms with Crippen molar-refractivity contribution in [1.82, 2.24) is 10.2 Å². The molecule has 5 atom stereocenters. The van der Waals surface area contributed by atoms with Crippen molar-refractivity contribution >= 4 is 23.9 Å². The van der Waals surface area contributed by atoms with Gasteiger partial charge < -0.3 is 24.8 Å². The molecule has 0 radical (unpaired) electrons. The van der Waals surface area contributed by atoms with Crippen LogP contribution in [0.3, 0.4) is 0 Å². The molecule has 2 amide bonds. The first-order chi connectivity index (χ1) is 17.5. The highest BCUT2D eigenvalue weighted by Gasteiger charge is 2.72. The number of fused-ring (bicyclic) bond motifs is 1. The molecule has 4 rings (SSSR count). The maximum atomic E-state index is 13.1. The van der Waals surface area contributed by atoms with Crippen LogP contribution in [-0.4, -0.2) is 60.1 Å². The van der Waals surface area contributed by atoms with Crippen LogP contribution in [0, 0.1) is 22.7 Å². The fraction of sp³-hybridized carbons (Fsp3) is 0.621. The Kier molecular flexibility index (Phi) is 7.58. The number of rotatable bonds is 9. The van der Waals surface area contributed by atoms with E-state index in [1.807, 2.05) is 0 Å². The molecule has 202 valence electrons. The number of hydrogen-bond acceptors (Lipinski definition) is 6. The highest BCUT2D eigenvalue weighted by molar-refractivity contribution is 5.96. The Morgan fingerprint density at radius 1 is 1.24 bits per heavy atom. The molecule has 2 N–H and O–H groups in total. The number of hydrogen-bond donors (Lipinski definition) is 2. The van der Waals surface area contributed by atoms with Crippen molar-refractivity contribution in [2.45, 2.75) is 71.9 Å². The Bertz CT molecular complexity index is 1080. The van der Waals surface area contributed by atoms with Crippen LogP contribution in [-0.2, 0) is 19.1 Å². The molecule has 1 heterocycles. The molecule has 1 saturated heterocycles. The summed E-state index contributed by atoms with van der Waals surface area (Å²) in [6, 6.07) is 3.34. The minimum absolute atomic E-state index is 0.00963. The van der Waals surface area contributed by atoms with E-state index in [1.165, 1.54) is 32.1 Å². The van der Waals surface area contributed by atoms with Crippen LogP contribution >= 0.6 is 0 Å². The summed E-state index contributed by atoms with van der Waals surface area (Å²) in [6.45, 7) is 9.55. The average Bonchev–Trinajstić information content (AvgIpc) is 3.28. The number of nitrogens with one attached hydrogen (secondary N) is 1. The van der Waals surface area contributed by atoms with Crippen LogP contribution in [0.5, 0.6) is 11.5 Å². The Morgan fingerprint density at radius 2 is 2.00 bits per heavy atom. The summed E-state index contributed by atoms with van der Waals surface area (Å²) in [5.41, 5.74) is 1.48. The molecule has 0 bridgehead atoms. The highest BCUT2D eigenvalue weighted by Crippen LogP contribution is 2.78. The maximum Gasteiger partial charge on any atom is 0.328 e. The third-order valence-corrected chi connectivity index (χ3v) is 9.26. The molecule has 0 aromatic heterocycles. The Morgan fingerprint density at radius 3 is 2.68 bits per heavy atom. The molecule has 3 fully saturated rings. The molecule has 5 unspecified atom stereocenters. The second kappa shape index (κ2) is 10.4. The van der Waals surface area contributed by atoms with Crippen molar-refractivity contribution < 1.29 is 29.0 Å². The fourth-order valence-electron chi connectivity index (χ4n) is 6.89. The van der Waals surface area contributed by atoms with E-state index in [0.29, 0.717) is 53.6 Å². The first kappa shape index (κ1) is 27.0. The molecule has 8 nitrogen and oxygen atoms in total. The lowest BCUT2D eigenvalue weighted by molar-refractivity contribution is -0.154. The van der Waals surface area contributed by atoms with Crippen LogP contribution in [0.2, 0.25) is 0 Å². The molecule has 3 aliphatic rings. The average molecular weight is 513 g/mol. The largest absolute Gasteiger partial charge is 0.504 e. The number of ether oxygens (including phenoxy) is 2. The fourth-order valence-corrected chi connectivity index (χ4v) is 6.89. The quantitative estimate of drug-likeness (QED) is 0.384. The van der Waals surface area contributed by atoms with E-state index < -0.39 is 18.0 Å². The summed E-state index contributed by atoms with van der Waals surface area (Å²) in [5.74, 6) is 0.544. The normalized spacial score (nSPS) is 28.6. The molecule has 8 heteroatoms. The van der Waals surface area contributed by atoms with E-state index in [0.717, 1.165) is 12.8 Å². The first-order valence-corrected chi connectivity index (χ1v) is 13.3. The van der Waals surface area contributed by atoms with Crippen molar-refractivity contribution in [3.63, 3.8) is 0 Å². The van der Waals surface area contributed by atoms with E-state index >= 15 is 0 Å². The zero-order valence-corrected chi connectivity index (χ0v) is 22.6. The summed E-state index contributed by atoms with van der Waals surface area (Å²) in [4.78, 5) is 39.9. The van der Waals surface area contributed by atoms with Crippen molar-refractivity contribution in [2.24, 2.45) is 22.7 Å². The molecule has 2 aliphatic carbocycles. The van der Waals surface area contributed by atoms with Gasteiger partial charge in [-0.05, 0) is 85.5 Å². The molecule has 37 heavy (non-hydrogen) atoms. The van der Waals surface area contributed by atoms with Gasteiger partial charge in [0.2, 0.25) is 11.8 Å². The number of esters is 1. The minimum Gasteiger partial charge on any atom is -0.504 e. The minimum atomic E-state index is -0.784. The van der Waals surface area contributed by atoms with Gasteiger partial charge >= 0.3 is 5.97 Å². The van der Waals surface area contributed by atoms with E-state index in [-0.39, 0.29) is 17.6 Å². The lowest BCUT2D eigenvalue weighted by Gasteiger charge is -2.26. The third-order valence-electron chi connectivity index (χ3n) is 9.26. The number of carbonyl (C=O) groups excluding carboxylic acids is 3. The van der Waals surface area contributed by atoms with Crippen molar-refractivity contribution in [3.05, 3.63) is 29.8 Å². The number of aromatic hydroxyl groups is 1. The van der Waals surface area contributed by atoms with E-state index in [9.17, 15) is 19.5 Å². The standard InChI is InChI=1S/C29H40N2O6/c1-18(30-24(33)11-9-19-8-10-22(32)23(17-19)36-5)26(34)31-15-6-7-21(31)27(35)37-16-13-20-12-14-29(4)25(20)28(29,2)3/h8-11,17-18,20-21,25,32H,6-7,12-16H2,1-5H3,(H,30,33)/b11-9+. The number of benzene rings is 1. The van der Waals surface area contributed by atoms with Gasteiger partial charge in [-0.1, -0.05) is 26.8 Å². The summed E-state index contributed by atoms with van der Waals surface area (Å²) in [6.07, 6.45) is 7.51. The van der Waals surface area contributed by atoms with Gasteiger partial charge in [-0.25, -0.2) is 4.79 Å². The lowest BCUT2D eigenvalue weighted by Crippen LogP contribution is -2.50. The van der Waals surface area contributed by atoms with Crippen molar-refractivity contribution in [2.75, 3.05) is 20.3 Å². The lowest BCUT2D eigenvalue weighted by atomic mass is 9.88. The second-order valence-electron chi connectivity index (χ2n) is 11.6. The third kappa shape index (κ3) is 5.20. The van der Waals surface area contributed by atoms with E-state index in [2.05, 4.69) is 26.1 Å². The summed E-state index contributed by atoms with van der Waals surface area (Å²) >= 11 is 0. The summed E-state index contributed by atoms with van der Waals surface area (Å²) < 4.78 is 10.7. The van der Waals surface area contributed by atoms with Gasteiger partial charge in [0.05, 0.1) is 13.7 Å². The van der Waals surface area contributed by atoms with Crippen LogP contribution in [0.15, 0.2) is 24.3 Å². The van der Waals surface area contributed by atoms with Crippen LogP contribution in [0.25, 0.3) is 6.08 Å². The first-order valence-electron chi connectivity index (χ1n) is 13.3. The van der Waals surface area contributed by atoms with Crippen molar-refractivity contribution in [3.8, 4) is 11.5 Å². The Balaban J connectivity index is 1.25. The van der Waals surface area contributed by atoms with Gasteiger partial charge in [-0.3, -0.25) is 9.59 Å². The molecule has 0 spiro atoms. The molecule has 1 aliphatic heterocycles. The molecular weight excluding hydrogens is 472 g/mol. The van der Waals surface area contributed by atoms with Gasteiger partial charge in [-0.15, -0.1) is 0 Å². The maximum absolute atomic E-state index is 13.1. The monoisotopic (exact) mass is 512 g/mol. The number of carbonyl (C=O) groups is 3. The zero-order valence-electron chi connectivity index (χ0n) is 22.6. The van der Waals surface area contributed by atoms with Crippen LogP contribution < -0.4 is 10.1 Å². The van der Waals surface area contributed by atoms with E-state index in [1.54, 1.807) is 30.0 Å². The summed E-state index contributed by atoms with van der Waals surface area (Å²) in [5, 5.41) is 12.4. The number of methoxy groups -OCH3 is 1. The number of nitrogens with zero attached hydrogens (tertiary/aromatic N) is 1. The smallest absolute Gasteiger partial charge is 0.328 e. The molecule has 2 saturated carbocycles. The van der Waals surface area contributed by atoms with Gasteiger partial charge in [0, 0.05) is 12.6 Å². The van der Waals surface area contributed by atoms with E-state index in [4.69, 9.17) is 9.47 Å². The number of amides is 2. The number of phenols is 1. The predicted molar refractivity (Wildman–Crippen MR) is 140 cm³/mol. The Hall–Kier alpha value is -3.03. The molecule has 1 aromatic rings. The number of phenolic OH excluding ortho intramolecular Hbond substituents is 1. The van der Waals surface area contributed by atoms with Crippen molar-refractivity contribution in [1.29, 1.82) is 0 Å². The highest BCUT2D eigenvalue weighted by atomic mass is 16.5. The second-order valence-corrected chi connectivity index (χ2v) is 11.6. The van der Waals surface area contributed by atoms with Gasteiger partial charge in [-0.2, -0.15) is 0 Å². The van der Waals surface area contributed by atoms with Crippen LogP contribution in [0.4, 0.5) is 0 Å². The SMILES string of the molecule is COc1cc(/C=C/C(=O)NC(C)C(=O)N2CCCC2C(=O)OCCC2CCC3(C)C2C3(C)C)ccc1O. The molecule has 1 aromatic carbocycles. The number of likely N-dealkylation sites (tertiary alicyclic amines) is 1. The van der Waals surface area contributed by atoms with Gasteiger partial charge in [0.25, 0.3) is 0 Å². The predicted octanol–water partition coefficient (Wildman–Crippen LogP) is 3.92. The summed E-state index contributed by atoms with van der Waals surface area (Å²) in [7, 11) is 1.45. The Labute approximate surface area is 219 Å². The zero-order chi connectivity index (χ0) is 27.0.